The minimum atomic E-state index is -0.272. The highest BCUT2D eigenvalue weighted by Crippen LogP contribution is 2.04. The van der Waals surface area contributed by atoms with Gasteiger partial charge in [-0.3, -0.25) is 0 Å². The van der Waals surface area contributed by atoms with Gasteiger partial charge in [-0.1, -0.05) is 25.5 Å². The Hall–Kier alpha value is -0.930. The Morgan fingerprint density at radius 1 is 1.42 bits per heavy atom. The molecule has 0 saturated carbocycles. The monoisotopic (exact) mass is 171 g/mol. The summed E-state index contributed by atoms with van der Waals surface area (Å²) < 4.78 is 14.5. The first kappa shape index (κ1) is 9.16. The fraction of sp³-hybridized carbons (Fsp3) is 0.750. The molecule has 0 amide bonds. The number of unbranched alkanes of at least 4 members (excludes halogenated alkanes) is 1. The molecule has 0 N–H and O–H groups in total. The maximum atomic E-state index is 13.2. The van der Waals surface area contributed by atoms with E-state index in [0.29, 0.717) is 18.7 Å². The van der Waals surface area contributed by atoms with Crippen LogP contribution in [0.1, 0.15) is 32.4 Å². The Kier molecular flexibility index (Phi) is 3.19. The maximum absolute atomic E-state index is 13.2. The summed E-state index contributed by atoms with van der Waals surface area (Å²) in [6.45, 7) is 4.57. The van der Waals surface area contributed by atoms with Crippen molar-refractivity contribution in [2.45, 2.75) is 39.7 Å². The van der Waals surface area contributed by atoms with E-state index < -0.39 is 0 Å². The van der Waals surface area contributed by atoms with E-state index in [1.807, 2.05) is 6.92 Å². The molecule has 3 nitrogen and oxygen atoms in total. The van der Waals surface area contributed by atoms with Gasteiger partial charge in [-0.15, -0.1) is 5.10 Å². The van der Waals surface area contributed by atoms with E-state index in [4.69, 9.17) is 0 Å². The van der Waals surface area contributed by atoms with E-state index in [2.05, 4.69) is 17.2 Å². The first-order valence-corrected chi connectivity index (χ1v) is 4.37. The zero-order valence-corrected chi connectivity index (χ0v) is 7.55. The van der Waals surface area contributed by atoms with Crippen LogP contribution in [0.3, 0.4) is 0 Å². The summed E-state index contributed by atoms with van der Waals surface area (Å²) in [6.07, 6.45) is 2.60. The maximum Gasteiger partial charge on any atom is 0.234 e. The lowest BCUT2D eigenvalue weighted by atomic mass is 10.3. The number of hydrogen-bond acceptors (Lipinski definition) is 2. The summed E-state index contributed by atoms with van der Waals surface area (Å²) in [5.41, 5.74) is 0.464. The van der Waals surface area contributed by atoms with Crippen molar-refractivity contribution in [3.05, 3.63) is 11.6 Å². The topological polar surface area (TPSA) is 30.7 Å². The van der Waals surface area contributed by atoms with E-state index in [-0.39, 0.29) is 5.95 Å². The lowest BCUT2D eigenvalue weighted by molar-refractivity contribution is 0.436. The molecule has 0 bridgehead atoms. The van der Waals surface area contributed by atoms with Crippen molar-refractivity contribution in [1.29, 1.82) is 0 Å². The second-order valence-electron chi connectivity index (χ2n) is 2.76. The predicted molar refractivity (Wildman–Crippen MR) is 44.3 cm³/mol. The summed E-state index contributed by atoms with van der Waals surface area (Å²) in [7, 11) is 0. The zero-order chi connectivity index (χ0) is 8.97. The van der Waals surface area contributed by atoms with Crippen LogP contribution < -0.4 is 0 Å². The minimum absolute atomic E-state index is 0.272. The van der Waals surface area contributed by atoms with Gasteiger partial charge < -0.3 is 0 Å². The van der Waals surface area contributed by atoms with Crippen LogP contribution in [0.15, 0.2) is 0 Å². The average molecular weight is 171 g/mol. The number of aromatic nitrogens is 3. The van der Waals surface area contributed by atoms with Crippen molar-refractivity contribution in [3.63, 3.8) is 0 Å². The van der Waals surface area contributed by atoms with E-state index in [9.17, 15) is 4.39 Å². The summed E-state index contributed by atoms with van der Waals surface area (Å²) in [4.78, 5) is 0. The lowest BCUT2D eigenvalue weighted by Gasteiger charge is -1.97. The van der Waals surface area contributed by atoms with E-state index in [0.717, 1.165) is 12.8 Å². The van der Waals surface area contributed by atoms with Crippen LogP contribution in [0.25, 0.3) is 0 Å². The Morgan fingerprint density at radius 2 is 2.17 bits per heavy atom. The summed E-state index contributed by atoms with van der Waals surface area (Å²) in [6, 6.07) is 0. The molecule has 0 saturated heterocycles. The third kappa shape index (κ3) is 1.81. The molecule has 0 radical (unpaired) electrons. The van der Waals surface area contributed by atoms with Gasteiger partial charge in [0.05, 0.1) is 0 Å². The Bertz CT molecular complexity index is 244. The quantitative estimate of drug-likeness (QED) is 0.691. The van der Waals surface area contributed by atoms with Gasteiger partial charge in [-0.2, -0.15) is 4.39 Å². The van der Waals surface area contributed by atoms with Gasteiger partial charge in [0, 0.05) is 6.54 Å². The van der Waals surface area contributed by atoms with Crippen molar-refractivity contribution in [2.75, 3.05) is 0 Å². The van der Waals surface area contributed by atoms with Gasteiger partial charge in [-0.05, 0) is 12.8 Å². The zero-order valence-electron chi connectivity index (χ0n) is 7.55. The van der Waals surface area contributed by atoms with E-state index >= 15 is 0 Å². The molecule has 0 aliphatic heterocycles. The van der Waals surface area contributed by atoms with Crippen LogP contribution in [0.4, 0.5) is 4.39 Å². The second kappa shape index (κ2) is 4.18. The second-order valence-corrected chi connectivity index (χ2v) is 2.76. The van der Waals surface area contributed by atoms with Gasteiger partial charge >= 0.3 is 0 Å². The highest BCUT2D eigenvalue weighted by atomic mass is 19.1. The number of aryl methyl sites for hydroxylation is 2. The molecule has 0 spiro atoms. The molecule has 1 rings (SSSR count). The van der Waals surface area contributed by atoms with Crippen LogP contribution in [0.2, 0.25) is 0 Å². The molecule has 0 aromatic carbocycles. The molecule has 1 aromatic rings. The third-order valence-electron chi connectivity index (χ3n) is 1.80. The fourth-order valence-electron chi connectivity index (χ4n) is 1.00. The Balaban J connectivity index is 2.66. The minimum Gasteiger partial charge on any atom is -0.219 e. The van der Waals surface area contributed by atoms with Crippen molar-refractivity contribution in [2.24, 2.45) is 0 Å². The van der Waals surface area contributed by atoms with Crippen LogP contribution in [0.5, 0.6) is 0 Å². The van der Waals surface area contributed by atoms with Crippen LogP contribution in [0, 0.1) is 5.95 Å². The van der Waals surface area contributed by atoms with Gasteiger partial charge in [-0.25, -0.2) is 4.68 Å². The highest BCUT2D eigenvalue weighted by Gasteiger charge is 2.08. The van der Waals surface area contributed by atoms with Crippen molar-refractivity contribution < 1.29 is 4.39 Å². The van der Waals surface area contributed by atoms with Crippen molar-refractivity contribution in [1.82, 2.24) is 15.0 Å². The molecule has 4 heteroatoms. The van der Waals surface area contributed by atoms with Gasteiger partial charge in [0.1, 0.15) is 5.69 Å². The average Bonchev–Trinajstić information content (AvgIpc) is 2.43. The lowest BCUT2D eigenvalue weighted by Crippen LogP contribution is -2.03. The first-order valence-electron chi connectivity index (χ1n) is 4.37. The van der Waals surface area contributed by atoms with Crippen molar-refractivity contribution >= 4 is 0 Å². The molecule has 68 valence electrons. The molecule has 0 fully saturated rings. The smallest absolute Gasteiger partial charge is 0.219 e. The van der Waals surface area contributed by atoms with Gasteiger partial charge in [0.15, 0.2) is 0 Å². The molecular weight excluding hydrogens is 157 g/mol. The first-order chi connectivity index (χ1) is 5.79. The predicted octanol–water partition coefficient (Wildman–Crippen LogP) is 1.78. The molecule has 0 aliphatic rings. The summed E-state index contributed by atoms with van der Waals surface area (Å²) >= 11 is 0. The molecule has 1 heterocycles. The molecule has 12 heavy (non-hydrogen) atoms. The standard InChI is InChI=1S/C8H14FN3/c1-3-5-6-12-8(9)7(4-2)10-11-12/h3-6H2,1-2H3. The molecule has 1 aromatic heterocycles. The third-order valence-corrected chi connectivity index (χ3v) is 1.80. The molecule has 0 atom stereocenters. The molecule has 0 unspecified atom stereocenters. The fourth-order valence-corrected chi connectivity index (χ4v) is 1.00. The van der Waals surface area contributed by atoms with Crippen LogP contribution in [-0.2, 0) is 13.0 Å². The van der Waals surface area contributed by atoms with Gasteiger partial charge in [0.2, 0.25) is 5.95 Å². The van der Waals surface area contributed by atoms with Crippen molar-refractivity contribution in [3.8, 4) is 0 Å². The SMILES string of the molecule is CCCCn1nnc(CC)c1F. The van der Waals surface area contributed by atoms with Gasteiger partial charge in [0.25, 0.3) is 0 Å². The summed E-state index contributed by atoms with van der Waals surface area (Å²) in [5, 5.41) is 7.44. The highest BCUT2D eigenvalue weighted by molar-refractivity contribution is 4.94. The van der Waals surface area contributed by atoms with E-state index in [1.54, 1.807) is 0 Å². The Labute approximate surface area is 71.6 Å². The molecular formula is C8H14FN3. The molecule has 0 aliphatic carbocycles. The van der Waals surface area contributed by atoms with Crippen LogP contribution in [-0.4, -0.2) is 15.0 Å². The number of rotatable bonds is 4. The summed E-state index contributed by atoms with van der Waals surface area (Å²) in [5.74, 6) is -0.272. The number of halogens is 1. The van der Waals surface area contributed by atoms with Crippen LogP contribution >= 0.6 is 0 Å². The normalized spacial score (nSPS) is 10.6. The Morgan fingerprint density at radius 3 is 2.67 bits per heavy atom. The number of hydrogen-bond donors (Lipinski definition) is 0. The number of nitrogens with zero attached hydrogens (tertiary/aromatic N) is 3. The largest absolute Gasteiger partial charge is 0.234 e. The van der Waals surface area contributed by atoms with E-state index in [1.165, 1.54) is 4.68 Å².